The van der Waals surface area contributed by atoms with Crippen molar-refractivity contribution in [3.8, 4) is 0 Å². The van der Waals surface area contributed by atoms with Crippen LogP contribution in [0, 0.1) is 0 Å². The number of rotatable bonds is 5. The Morgan fingerprint density at radius 3 is 2.47 bits per heavy atom. The Bertz CT molecular complexity index is 1170. The summed E-state index contributed by atoms with van der Waals surface area (Å²) >= 11 is 0. The summed E-state index contributed by atoms with van der Waals surface area (Å²) in [5.74, 6) is 1.49. The number of hydrogen-bond acceptors (Lipinski definition) is 5. The number of fused-ring (bicyclic) bond motifs is 1. The lowest BCUT2D eigenvalue weighted by Crippen LogP contribution is -2.35. The lowest BCUT2D eigenvalue weighted by Gasteiger charge is -2.27. The summed E-state index contributed by atoms with van der Waals surface area (Å²) in [5.41, 5.74) is 0.680. The summed E-state index contributed by atoms with van der Waals surface area (Å²) in [7, 11) is 0. The fourth-order valence-electron chi connectivity index (χ4n) is 4.64. The fourth-order valence-corrected chi connectivity index (χ4v) is 4.64. The van der Waals surface area contributed by atoms with Crippen LogP contribution in [0.1, 0.15) is 61.3 Å². The Balaban J connectivity index is 1.47. The van der Waals surface area contributed by atoms with Crippen molar-refractivity contribution in [2.24, 2.45) is 0 Å². The first kappa shape index (κ1) is 21.1. The minimum absolute atomic E-state index is 0.176. The summed E-state index contributed by atoms with van der Waals surface area (Å²) in [5, 5.41) is 0.199. The van der Waals surface area contributed by atoms with Gasteiger partial charge in [0.25, 0.3) is 5.56 Å². The maximum Gasteiger partial charge on any atom is 0.406 e. The van der Waals surface area contributed by atoms with Gasteiger partial charge in [-0.3, -0.25) is 14.3 Å². The summed E-state index contributed by atoms with van der Waals surface area (Å²) in [6.45, 7) is -0.128. The smallest absolute Gasteiger partial charge is 0.289 e. The van der Waals surface area contributed by atoms with E-state index in [1.807, 2.05) is 12.4 Å². The van der Waals surface area contributed by atoms with Crippen molar-refractivity contribution in [2.75, 3.05) is 6.54 Å². The highest BCUT2D eigenvalue weighted by atomic mass is 19.4. The minimum Gasteiger partial charge on any atom is -0.289 e. The molecule has 3 heterocycles. The van der Waals surface area contributed by atoms with E-state index in [4.69, 9.17) is 0 Å². The van der Waals surface area contributed by atoms with Gasteiger partial charge in [0, 0.05) is 30.4 Å². The molecule has 1 atom stereocenters. The highest BCUT2D eigenvalue weighted by molar-refractivity contribution is 5.77. The Morgan fingerprint density at radius 1 is 1.03 bits per heavy atom. The van der Waals surface area contributed by atoms with E-state index in [2.05, 4.69) is 19.9 Å². The molecule has 168 valence electrons. The Kier molecular flexibility index (Phi) is 5.44. The van der Waals surface area contributed by atoms with Crippen LogP contribution in [-0.4, -0.2) is 37.1 Å². The minimum atomic E-state index is -4.52. The highest BCUT2D eigenvalue weighted by Gasteiger charge is 2.35. The third kappa shape index (κ3) is 4.13. The standard InChI is InChI=1S/C23H24F3N5O/c24-23(25,26)14-31-21(29-18-8-2-1-7-17(18)22(31)32)19-9-4-10-30(19)13-15-11-27-20(28-12-15)16-5-3-6-16/h1-2,7-8,11-12,16,19H,3-6,9-10,13-14H2. The molecule has 1 saturated carbocycles. The van der Waals surface area contributed by atoms with Gasteiger partial charge in [-0.15, -0.1) is 0 Å². The molecule has 1 saturated heterocycles. The first-order valence-corrected chi connectivity index (χ1v) is 11.0. The molecule has 5 rings (SSSR count). The zero-order valence-corrected chi connectivity index (χ0v) is 17.6. The normalized spacial score (nSPS) is 20.0. The molecule has 1 aliphatic heterocycles. The second-order valence-corrected chi connectivity index (χ2v) is 8.70. The molecule has 0 bridgehead atoms. The molecule has 1 aliphatic carbocycles. The van der Waals surface area contributed by atoms with Crippen molar-refractivity contribution in [1.82, 2.24) is 24.4 Å². The van der Waals surface area contributed by atoms with Crippen LogP contribution in [0.15, 0.2) is 41.5 Å². The topological polar surface area (TPSA) is 63.9 Å². The SMILES string of the molecule is O=c1c2ccccc2nc(C2CCCN2Cc2cnc(C3CCC3)nc2)n1CC(F)(F)F. The fraction of sp³-hybridized carbons (Fsp3) is 0.478. The van der Waals surface area contributed by atoms with E-state index < -0.39 is 18.3 Å². The number of hydrogen-bond donors (Lipinski definition) is 0. The molecule has 2 aromatic heterocycles. The molecule has 0 amide bonds. The summed E-state index contributed by atoms with van der Waals surface area (Å²) < 4.78 is 40.9. The van der Waals surface area contributed by atoms with Crippen molar-refractivity contribution in [3.63, 3.8) is 0 Å². The summed E-state index contributed by atoms with van der Waals surface area (Å²) in [6.07, 6.45) is 4.03. The molecular formula is C23H24F3N5O. The zero-order chi connectivity index (χ0) is 22.3. The molecule has 9 heteroatoms. The predicted octanol–water partition coefficient (Wildman–Crippen LogP) is 4.35. The zero-order valence-electron chi connectivity index (χ0n) is 17.6. The molecule has 0 N–H and O–H groups in total. The Morgan fingerprint density at radius 2 is 1.78 bits per heavy atom. The van der Waals surface area contributed by atoms with E-state index in [1.54, 1.807) is 18.2 Å². The molecule has 32 heavy (non-hydrogen) atoms. The molecule has 1 aromatic carbocycles. The van der Waals surface area contributed by atoms with Crippen molar-refractivity contribution in [1.29, 1.82) is 0 Å². The van der Waals surface area contributed by atoms with Gasteiger partial charge in [-0.2, -0.15) is 13.2 Å². The Labute approximate surface area is 183 Å². The van der Waals surface area contributed by atoms with E-state index in [0.717, 1.165) is 35.2 Å². The van der Waals surface area contributed by atoms with Gasteiger partial charge < -0.3 is 0 Å². The lowest BCUT2D eigenvalue weighted by atomic mass is 9.85. The van der Waals surface area contributed by atoms with Gasteiger partial charge in [0.05, 0.1) is 16.9 Å². The van der Waals surface area contributed by atoms with Gasteiger partial charge in [-0.1, -0.05) is 18.6 Å². The maximum atomic E-state index is 13.4. The van der Waals surface area contributed by atoms with Gasteiger partial charge in [0.1, 0.15) is 18.2 Å². The maximum absolute atomic E-state index is 13.4. The highest BCUT2D eigenvalue weighted by Crippen LogP contribution is 2.35. The molecule has 1 unspecified atom stereocenters. The summed E-state index contributed by atoms with van der Waals surface area (Å²) in [4.78, 5) is 28.6. The molecule has 0 radical (unpaired) electrons. The largest absolute Gasteiger partial charge is 0.406 e. The monoisotopic (exact) mass is 443 g/mol. The number of benzene rings is 1. The first-order chi connectivity index (χ1) is 15.4. The van der Waals surface area contributed by atoms with Crippen LogP contribution in [0.3, 0.4) is 0 Å². The second-order valence-electron chi connectivity index (χ2n) is 8.70. The molecular weight excluding hydrogens is 419 g/mol. The van der Waals surface area contributed by atoms with E-state index in [0.29, 0.717) is 30.9 Å². The van der Waals surface area contributed by atoms with Crippen LogP contribution in [-0.2, 0) is 13.1 Å². The lowest BCUT2D eigenvalue weighted by molar-refractivity contribution is -0.142. The number of alkyl halides is 3. The molecule has 3 aromatic rings. The molecule has 2 fully saturated rings. The Hall–Kier alpha value is -2.81. The van der Waals surface area contributed by atoms with Crippen LogP contribution in [0.5, 0.6) is 0 Å². The third-order valence-electron chi connectivity index (χ3n) is 6.47. The van der Waals surface area contributed by atoms with Gasteiger partial charge >= 0.3 is 6.18 Å². The second kappa shape index (κ2) is 8.27. The van der Waals surface area contributed by atoms with Gasteiger partial charge in [0.15, 0.2) is 0 Å². The van der Waals surface area contributed by atoms with Crippen molar-refractivity contribution >= 4 is 10.9 Å². The third-order valence-corrected chi connectivity index (χ3v) is 6.47. The predicted molar refractivity (Wildman–Crippen MR) is 113 cm³/mol. The average Bonchev–Trinajstić information content (AvgIpc) is 3.17. The van der Waals surface area contributed by atoms with Crippen molar-refractivity contribution in [3.05, 3.63) is 64.2 Å². The van der Waals surface area contributed by atoms with E-state index in [1.165, 1.54) is 12.5 Å². The van der Waals surface area contributed by atoms with Crippen LogP contribution in [0.2, 0.25) is 0 Å². The number of nitrogens with zero attached hydrogens (tertiary/aromatic N) is 5. The number of halogens is 3. The number of aromatic nitrogens is 4. The molecule has 2 aliphatic rings. The van der Waals surface area contributed by atoms with E-state index in [-0.39, 0.29) is 17.3 Å². The molecule has 6 nitrogen and oxygen atoms in total. The van der Waals surface area contributed by atoms with Crippen LogP contribution >= 0.6 is 0 Å². The van der Waals surface area contributed by atoms with Crippen LogP contribution < -0.4 is 5.56 Å². The van der Waals surface area contributed by atoms with Crippen molar-refractivity contribution in [2.45, 2.75) is 63.3 Å². The van der Waals surface area contributed by atoms with Crippen molar-refractivity contribution < 1.29 is 13.2 Å². The van der Waals surface area contributed by atoms with Crippen LogP contribution in [0.4, 0.5) is 13.2 Å². The summed E-state index contributed by atoms with van der Waals surface area (Å²) in [6, 6.07) is 6.19. The van der Waals surface area contributed by atoms with Gasteiger partial charge in [0.2, 0.25) is 0 Å². The first-order valence-electron chi connectivity index (χ1n) is 11.0. The molecule has 0 spiro atoms. The van der Waals surface area contributed by atoms with E-state index >= 15 is 0 Å². The van der Waals surface area contributed by atoms with Crippen LogP contribution in [0.25, 0.3) is 10.9 Å². The van der Waals surface area contributed by atoms with Gasteiger partial charge in [-0.05, 0) is 44.4 Å². The van der Waals surface area contributed by atoms with E-state index in [9.17, 15) is 18.0 Å². The average molecular weight is 443 g/mol. The number of likely N-dealkylation sites (tertiary alicyclic amines) is 1. The van der Waals surface area contributed by atoms with Gasteiger partial charge in [-0.25, -0.2) is 15.0 Å². The number of para-hydroxylation sites is 1. The quantitative estimate of drug-likeness (QED) is 0.587.